The van der Waals surface area contributed by atoms with Crippen molar-refractivity contribution in [2.45, 2.75) is 45.9 Å². The fourth-order valence-corrected chi connectivity index (χ4v) is 4.95. The lowest BCUT2D eigenvalue weighted by Gasteiger charge is -2.21. The van der Waals surface area contributed by atoms with Crippen LogP contribution in [0.25, 0.3) is 22.2 Å². The number of anilines is 1. The molecule has 38 heavy (non-hydrogen) atoms. The molecule has 0 radical (unpaired) electrons. The highest BCUT2D eigenvalue weighted by Crippen LogP contribution is 2.37. The molecule has 0 aliphatic carbocycles. The first-order valence-electron chi connectivity index (χ1n) is 12.6. The second-order valence-corrected chi connectivity index (χ2v) is 10.8. The van der Waals surface area contributed by atoms with E-state index < -0.39 is 11.7 Å². The van der Waals surface area contributed by atoms with Gasteiger partial charge in [-0.05, 0) is 74.7 Å². The molecule has 8 heteroatoms. The van der Waals surface area contributed by atoms with E-state index in [1.54, 1.807) is 12.1 Å². The summed E-state index contributed by atoms with van der Waals surface area (Å²) < 4.78 is 7.29. The number of ether oxygens (including phenoxy) is 1. The van der Waals surface area contributed by atoms with Crippen LogP contribution in [-0.2, 0) is 24.2 Å². The quantitative estimate of drug-likeness (QED) is 0.278. The number of benzene rings is 3. The van der Waals surface area contributed by atoms with E-state index in [-0.39, 0.29) is 12.5 Å². The molecule has 7 nitrogen and oxygen atoms in total. The summed E-state index contributed by atoms with van der Waals surface area (Å²) >= 11 is 6.38. The molecule has 5 rings (SSSR count). The number of carbonyl (C=O) groups excluding carboxylic acids is 2. The van der Waals surface area contributed by atoms with E-state index >= 15 is 0 Å². The highest BCUT2D eigenvalue weighted by molar-refractivity contribution is 6.32. The van der Waals surface area contributed by atoms with Crippen molar-refractivity contribution in [3.8, 4) is 11.3 Å². The zero-order chi connectivity index (χ0) is 27.0. The van der Waals surface area contributed by atoms with Crippen molar-refractivity contribution in [1.29, 1.82) is 0 Å². The number of nitrogens with zero attached hydrogens (tertiary/aromatic N) is 1. The molecule has 0 atom stereocenters. The molecule has 4 aromatic rings. The lowest BCUT2D eigenvalue weighted by atomic mass is 10.00. The molecule has 0 spiro atoms. The molecule has 0 saturated heterocycles. The second kappa shape index (κ2) is 10.2. The Kier molecular flexibility index (Phi) is 6.90. The van der Waals surface area contributed by atoms with Crippen molar-refractivity contribution >= 4 is 40.2 Å². The van der Waals surface area contributed by atoms with Gasteiger partial charge in [-0.15, -0.1) is 0 Å². The molecular formula is C30H30ClN3O4. The summed E-state index contributed by atoms with van der Waals surface area (Å²) in [7, 11) is 0. The van der Waals surface area contributed by atoms with E-state index in [9.17, 15) is 9.59 Å². The number of fused-ring (bicyclic) bond motifs is 2. The molecule has 1 aliphatic rings. The molecular weight excluding hydrogens is 502 g/mol. The third kappa shape index (κ3) is 5.12. The Labute approximate surface area is 226 Å². The number of rotatable bonds is 6. The molecule has 196 valence electrons. The second-order valence-electron chi connectivity index (χ2n) is 10.4. The number of hydrogen-bond donors (Lipinski definition) is 3. The number of aliphatic hydroxyl groups is 1. The average Bonchev–Trinajstić information content (AvgIpc) is 3.44. The molecule has 3 N–H and O–H groups in total. The van der Waals surface area contributed by atoms with Gasteiger partial charge in [-0.25, -0.2) is 9.36 Å². The normalized spacial score (nSPS) is 12.9. The molecule has 2 heterocycles. The molecule has 1 aliphatic heterocycles. The number of nitrogens with one attached hydrogen (secondary N) is 2. The van der Waals surface area contributed by atoms with Crippen molar-refractivity contribution in [2.75, 3.05) is 11.9 Å². The van der Waals surface area contributed by atoms with Gasteiger partial charge in [0.1, 0.15) is 5.60 Å². The maximum Gasteiger partial charge on any atom is 0.419 e. The maximum atomic E-state index is 13.4. The Balaban J connectivity index is 1.54. The monoisotopic (exact) mass is 531 g/mol. The average molecular weight is 532 g/mol. The molecule has 3 aromatic carbocycles. The number of amides is 1. The minimum atomic E-state index is -0.694. The summed E-state index contributed by atoms with van der Waals surface area (Å²) in [5, 5.41) is 16.7. The van der Waals surface area contributed by atoms with Crippen LogP contribution < -0.4 is 10.6 Å². The maximum absolute atomic E-state index is 13.4. The van der Waals surface area contributed by atoms with Crippen molar-refractivity contribution < 1.29 is 19.4 Å². The Morgan fingerprint density at radius 2 is 1.82 bits per heavy atom. The zero-order valence-electron chi connectivity index (χ0n) is 21.6. The first-order valence-corrected chi connectivity index (χ1v) is 12.9. The molecule has 0 fully saturated rings. The summed E-state index contributed by atoms with van der Waals surface area (Å²) in [6, 6.07) is 19.3. The van der Waals surface area contributed by atoms with Crippen molar-refractivity contribution in [3.05, 3.63) is 87.9 Å². The van der Waals surface area contributed by atoms with Gasteiger partial charge in [-0.2, -0.15) is 0 Å². The fraction of sp³-hybridized carbons (Fsp3) is 0.267. The van der Waals surface area contributed by atoms with Crippen molar-refractivity contribution in [1.82, 2.24) is 9.88 Å². The Bertz CT molecular complexity index is 1530. The lowest BCUT2D eigenvalue weighted by Crippen LogP contribution is -2.27. The molecule has 0 saturated carbocycles. The van der Waals surface area contributed by atoms with Gasteiger partial charge < -0.3 is 20.5 Å². The standard InChI is InChI=1S/C30H30ClN3O4/c1-30(2,3)38-29(37)34-25-11-6-19(16-32-21-7-4-18(5-8-21)12-13-35)14-20(25)15-26(34)22-9-10-24(31)23-17-33-28(36)27(22)23/h4-11,14-15,32,35H,12-13,16-17H2,1-3H3,(H,33,36). The minimum Gasteiger partial charge on any atom is -0.443 e. The Morgan fingerprint density at radius 3 is 2.53 bits per heavy atom. The highest BCUT2D eigenvalue weighted by Gasteiger charge is 2.29. The summed E-state index contributed by atoms with van der Waals surface area (Å²) in [6.07, 6.45) is 0.116. The van der Waals surface area contributed by atoms with Crippen LogP contribution >= 0.6 is 11.6 Å². The lowest BCUT2D eigenvalue weighted by molar-refractivity contribution is 0.0547. The topological polar surface area (TPSA) is 92.6 Å². The van der Waals surface area contributed by atoms with E-state index in [2.05, 4.69) is 10.6 Å². The summed E-state index contributed by atoms with van der Waals surface area (Å²) in [4.78, 5) is 26.2. The third-order valence-corrected chi connectivity index (χ3v) is 6.83. The SMILES string of the molecule is CC(C)(C)OC(=O)n1c(-c2ccc(Cl)c3c2C(=O)NC3)cc2cc(CNc3ccc(CCO)cc3)ccc21. The van der Waals surface area contributed by atoms with Gasteiger partial charge in [0.2, 0.25) is 0 Å². The zero-order valence-corrected chi connectivity index (χ0v) is 22.4. The van der Waals surface area contributed by atoms with Crippen LogP contribution in [0.2, 0.25) is 5.02 Å². The molecule has 0 unspecified atom stereocenters. The minimum absolute atomic E-state index is 0.126. The fourth-order valence-electron chi connectivity index (χ4n) is 4.72. The number of aliphatic hydroxyl groups excluding tert-OH is 1. The number of carbonyl (C=O) groups is 2. The van der Waals surface area contributed by atoms with Crippen molar-refractivity contribution in [3.63, 3.8) is 0 Å². The van der Waals surface area contributed by atoms with Crippen molar-refractivity contribution in [2.24, 2.45) is 0 Å². The van der Waals surface area contributed by atoms with Crippen LogP contribution in [0.5, 0.6) is 0 Å². The van der Waals surface area contributed by atoms with Crippen LogP contribution in [-0.4, -0.2) is 33.9 Å². The number of halogens is 1. The van der Waals surface area contributed by atoms with Crippen LogP contribution in [0.4, 0.5) is 10.5 Å². The third-order valence-electron chi connectivity index (χ3n) is 6.48. The number of hydrogen-bond acceptors (Lipinski definition) is 5. The smallest absolute Gasteiger partial charge is 0.419 e. The van der Waals surface area contributed by atoms with Crippen LogP contribution in [0, 0.1) is 0 Å². The van der Waals surface area contributed by atoms with E-state index in [4.69, 9.17) is 21.4 Å². The van der Waals surface area contributed by atoms with E-state index in [1.807, 2.05) is 69.3 Å². The van der Waals surface area contributed by atoms with Gasteiger partial charge in [0.25, 0.3) is 5.91 Å². The molecule has 1 aromatic heterocycles. The van der Waals surface area contributed by atoms with Gasteiger partial charge >= 0.3 is 6.09 Å². The van der Waals surface area contributed by atoms with Gasteiger partial charge in [0.05, 0.1) is 16.8 Å². The largest absolute Gasteiger partial charge is 0.443 e. The summed E-state index contributed by atoms with van der Waals surface area (Å²) in [5.74, 6) is -0.214. The number of aromatic nitrogens is 1. The van der Waals surface area contributed by atoms with Gasteiger partial charge in [0, 0.05) is 46.9 Å². The summed E-state index contributed by atoms with van der Waals surface area (Å²) in [6.45, 7) is 6.53. The van der Waals surface area contributed by atoms with E-state index in [1.165, 1.54) is 4.57 Å². The van der Waals surface area contributed by atoms with Gasteiger partial charge in [-0.3, -0.25) is 4.79 Å². The Morgan fingerprint density at radius 1 is 1.08 bits per heavy atom. The highest BCUT2D eigenvalue weighted by atomic mass is 35.5. The molecule has 0 bridgehead atoms. The van der Waals surface area contributed by atoms with Crippen LogP contribution in [0.3, 0.4) is 0 Å². The van der Waals surface area contributed by atoms with E-state index in [0.29, 0.717) is 46.9 Å². The van der Waals surface area contributed by atoms with Gasteiger partial charge in [0.15, 0.2) is 0 Å². The van der Waals surface area contributed by atoms with Gasteiger partial charge in [-0.1, -0.05) is 35.9 Å². The predicted octanol–water partition coefficient (Wildman–Crippen LogP) is 6.14. The summed E-state index contributed by atoms with van der Waals surface area (Å²) in [5.41, 5.74) is 5.49. The van der Waals surface area contributed by atoms with Crippen LogP contribution in [0.1, 0.15) is 47.8 Å². The first kappa shape index (κ1) is 25.8. The predicted molar refractivity (Wildman–Crippen MR) is 150 cm³/mol. The molecule has 1 amide bonds. The van der Waals surface area contributed by atoms with Crippen LogP contribution in [0.15, 0.2) is 60.7 Å². The Hall–Kier alpha value is -3.81. The van der Waals surface area contributed by atoms with E-state index in [0.717, 1.165) is 27.8 Å². The first-order chi connectivity index (χ1) is 18.1.